The minimum atomic E-state index is -0.0854. The van der Waals surface area contributed by atoms with Crippen LogP contribution in [0.5, 0.6) is 5.75 Å². The molecule has 0 aliphatic carbocycles. The van der Waals surface area contributed by atoms with Crippen LogP contribution in [0.4, 0.5) is 0 Å². The molecule has 0 fully saturated rings. The van der Waals surface area contributed by atoms with E-state index in [0.29, 0.717) is 5.57 Å². The number of carbonyl (C=O) groups is 1. The van der Waals surface area contributed by atoms with Gasteiger partial charge in [-0.15, -0.1) is 0 Å². The van der Waals surface area contributed by atoms with Crippen LogP contribution in [0.2, 0.25) is 0 Å². The largest absolute Gasteiger partial charge is 0.497 e. The summed E-state index contributed by atoms with van der Waals surface area (Å²) in [5.41, 5.74) is 3.60. The van der Waals surface area contributed by atoms with Crippen molar-refractivity contribution in [2.45, 2.75) is 19.4 Å². The minimum Gasteiger partial charge on any atom is -0.497 e. The van der Waals surface area contributed by atoms with Gasteiger partial charge in [0.15, 0.2) is 0 Å². The molecule has 0 unspecified atom stereocenters. The Balaban J connectivity index is 1.89. The second kappa shape index (κ2) is 9.56. The maximum Gasteiger partial charge on any atom is 0.252 e. The molecule has 3 rings (SSSR count). The molecular weight excluding hydrogens is 346 g/mol. The lowest BCUT2D eigenvalue weighted by molar-refractivity contribution is -0.116. The number of amides is 1. The van der Waals surface area contributed by atoms with Gasteiger partial charge in [0.1, 0.15) is 5.75 Å². The zero-order valence-electron chi connectivity index (χ0n) is 16.3. The molecule has 0 aromatic heterocycles. The topological polar surface area (TPSA) is 38.3 Å². The Morgan fingerprint density at radius 1 is 0.929 bits per heavy atom. The smallest absolute Gasteiger partial charge is 0.252 e. The van der Waals surface area contributed by atoms with Gasteiger partial charge < -0.3 is 10.1 Å². The van der Waals surface area contributed by atoms with Crippen LogP contribution in [-0.2, 0) is 4.79 Å². The highest BCUT2D eigenvalue weighted by Gasteiger charge is 2.17. The van der Waals surface area contributed by atoms with Crippen LogP contribution in [0.3, 0.4) is 0 Å². The van der Waals surface area contributed by atoms with Crippen LogP contribution in [0, 0.1) is 0 Å². The molecule has 142 valence electrons. The standard InChI is InChI=1S/C25H25NO2/c1-3-24(21-14-16-22(28-2)17-15-21)26-25(27)23(20-12-8-5-9-13-20)18-19-10-6-4-7-11-19/h4-18,24H,3H2,1-2H3,(H,26,27)/b23-18+/t24-/m1/s1. The van der Waals surface area contributed by atoms with Crippen LogP contribution in [0.1, 0.15) is 36.1 Å². The van der Waals surface area contributed by atoms with Gasteiger partial charge in [-0.1, -0.05) is 79.7 Å². The summed E-state index contributed by atoms with van der Waals surface area (Å²) in [7, 11) is 1.65. The van der Waals surface area contributed by atoms with Crippen molar-refractivity contribution in [2.75, 3.05) is 7.11 Å². The van der Waals surface area contributed by atoms with Gasteiger partial charge in [-0.3, -0.25) is 4.79 Å². The molecule has 0 saturated heterocycles. The number of hydrogen-bond donors (Lipinski definition) is 1. The first kappa shape index (κ1) is 19.4. The van der Waals surface area contributed by atoms with E-state index >= 15 is 0 Å². The molecule has 0 saturated carbocycles. The van der Waals surface area contributed by atoms with Gasteiger partial charge in [0.25, 0.3) is 5.91 Å². The number of methoxy groups -OCH3 is 1. The third kappa shape index (κ3) is 4.89. The molecule has 3 aromatic rings. The average molecular weight is 371 g/mol. The van der Waals surface area contributed by atoms with Crippen molar-refractivity contribution >= 4 is 17.6 Å². The summed E-state index contributed by atoms with van der Waals surface area (Å²) in [6, 6.07) is 27.4. The molecule has 0 radical (unpaired) electrons. The summed E-state index contributed by atoms with van der Waals surface area (Å²) in [6.07, 6.45) is 2.73. The van der Waals surface area contributed by atoms with Crippen molar-refractivity contribution in [1.29, 1.82) is 0 Å². The molecule has 1 N–H and O–H groups in total. The van der Waals surface area contributed by atoms with Crippen molar-refractivity contribution in [1.82, 2.24) is 5.32 Å². The molecule has 1 atom stereocenters. The number of benzene rings is 3. The van der Waals surface area contributed by atoms with Gasteiger partial charge in [0, 0.05) is 5.57 Å². The molecule has 0 heterocycles. The van der Waals surface area contributed by atoms with Gasteiger partial charge in [0.05, 0.1) is 13.2 Å². The monoisotopic (exact) mass is 371 g/mol. The lowest BCUT2D eigenvalue weighted by Crippen LogP contribution is -2.28. The number of carbonyl (C=O) groups excluding carboxylic acids is 1. The fourth-order valence-electron chi connectivity index (χ4n) is 3.11. The van der Waals surface area contributed by atoms with Gasteiger partial charge >= 0.3 is 0 Å². The Bertz CT molecular complexity index is 916. The Hall–Kier alpha value is -3.33. The molecule has 0 aliphatic rings. The van der Waals surface area contributed by atoms with Crippen LogP contribution in [-0.4, -0.2) is 13.0 Å². The van der Waals surface area contributed by atoms with E-state index in [1.54, 1.807) is 7.11 Å². The van der Waals surface area contributed by atoms with E-state index in [9.17, 15) is 4.79 Å². The van der Waals surface area contributed by atoms with Gasteiger partial charge in [0.2, 0.25) is 0 Å². The number of hydrogen-bond acceptors (Lipinski definition) is 2. The predicted molar refractivity (Wildman–Crippen MR) is 115 cm³/mol. The maximum absolute atomic E-state index is 13.2. The first-order valence-electron chi connectivity index (χ1n) is 9.48. The fourth-order valence-corrected chi connectivity index (χ4v) is 3.11. The minimum absolute atomic E-state index is 0.0682. The van der Waals surface area contributed by atoms with E-state index in [1.807, 2.05) is 91.0 Å². The zero-order chi connectivity index (χ0) is 19.8. The summed E-state index contributed by atoms with van der Waals surface area (Å²) >= 11 is 0. The van der Waals surface area contributed by atoms with Crippen LogP contribution < -0.4 is 10.1 Å². The second-order valence-corrected chi connectivity index (χ2v) is 6.54. The van der Waals surface area contributed by atoms with Crippen molar-refractivity contribution in [3.63, 3.8) is 0 Å². The fraction of sp³-hybridized carbons (Fsp3) is 0.160. The molecule has 3 nitrogen and oxygen atoms in total. The van der Waals surface area contributed by atoms with E-state index in [1.165, 1.54) is 0 Å². The van der Waals surface area contributed by atoms with Crippen molar-refractivity contribution < 1.29 is 9.53 Å². The highest BCUT2D eigenvalue weighted by molar-refractivity contribution is 6.24. The molecule has 0 bridgehead atoms. The summed E-state index contributed by atoms with van der Waals surface area (Å²) in [5.74, 6) is 0.719. The predicted octanol–water partition coefficient (Wildman–Crippen LogP) is 5.50. The van der Waals surface area contributed by atoms with Crippen molar-refractivity contribution in [2.24, 2.45) is 0 Å². The third-order valence-corrected chi connectivity index (χ3v) is 4.67. The molecule has 0 aliphatic heterocycles. The number of rotatable bonds is 7. The van der Waals surface area contributed by atoms with Crippen molar-refractivity contribution in [3.05, 3.63) is 102 Å². The lowest BCUT2D eigenvalue weighted by atomic mass is 9.99. The third-order valence-electron chi connectivity index (χ3n) is 4.67. The van der Waals surface area contributed by atoms with Crippen molar-refractivity contribution in [3.8, 4) is 5.75 Å². The Morgan fingerprint density at radius 2 is 1.54 bits per heavy atom. The maximum atomic E-state index is 13.2. The molecule has 0 spiro atoms. The Morgan fingerprint density at radius 3 is 2.11 bits per heavy atom. The summed E-state index contributed by atoms with van der Waals surface area (Å²) in [5, 5.41) is 3.19. The Kier molecular flexibility index (Phi) is 6.64. The van der Waals surface area contributed by atoms with Crippen LogP contribution in [0.25, 0.3) is 11.6 Å². The molecular formula is C25H25NO2. The highest BCUT2D eigenvalue weighted by atomic mass is 16.5. The SMILES string of the molecule is CC[C@@H](NC(=O)/C(=C/c1ccccc1)c1ccccc1)c1ccc(OC)cc1. The van der Waals surface area contributed by atoms with Crippen LogP contribution in [0.15, 0.2) is 84.9 Å². The van der Waals surface area contributed by atoms with Crippen LogP contribution >= 0.6 is 0 Å². The lowest BCUT2D eigenvalue weighted by Gasteiger charge is -2.19. The molecule has 28 heavy (non-hydrogen) atoms. The van der Waals surface area contributed by atoms with Gasteiger partial charge in [-0.2, -0.15) is 0 Å². The normalized spacial score (nSPS) is 12.3. The van der Waals surface area contributed by atoms with E-state index in [-0.39, 0.29) is 11.9 Å². The van der Waals surface area contributed by atoms with E-state index in [2.05, 4.69) is 12.2 Å². The Labute approximate surface area is 166 Å². The van der Waals surface area contributed by atoms with E-state index in [4.69, 9.17) is 4.74 Å². The van der Waals surface area contributed by atoms with Gasteiger partial charge in [-0.25, -0.2) is 0 Å². The number of nitrogens with one attached hydrogen (secondary N) is 1. The van der Waals surface area contributed by atoms with E-state index < -0.39 is 0 Å². The zero-order valence-corrected chi connectivity index (χ0v) is 16.3. The quantitative estimate of drug-likeness (QED) is 0.440. The second-order valence-electron chi connectivity index (χ2n) is 6.54. The summed E-state index contributed by atoms with van der Waals surface area (Å²) in [4.78, 5) is 13.2. The highest BCUT2D eigenvalue weighted by Crippen LogP contribution is 2.23. The molecule has 3 aromatic carbocycles. The number of ether oxygens (including phenoxy) is 1. The van der Waals surface area contributed by atoms with Gasteiger partial charge in [-0.05, 0) is 41.3 Å². The summed E-state index contributed by atoms with van der Waals surface area (Å²) in [6.45, 7) is 2.07. The first-order valence-corrected chi connectivity index (χ1v) is 9.48. The molecule has 1 amide bonds. The molecule has 3 heteroatoms. The van der Waals surface area contributed by atoms with E-state index in [0.717, 1.165) is 28.9 Å². The first-order chi connectivity index (χ1) is 13.7. The summed E-state index contributed by atoms with van der Waals surface area (Å²) < 4.78 is 5.23. The average Bonchev–Trinajstić information content (AvgIpc) is 2.77.